The van der Waals surface area contributed by atoms with Gasteiger partial charge < -0.3 is 9.64 Å². The van der Waals surface area contributed by atoms with Crippen molar-refractivity contribution in [2.24, 2.45) is 0 Å². The SMILES string of the molecule is COC(=O)C(C)c1cc(F)c2c(c1)C=CC(C)(C)N2C. The predicted octanol–water partition coefficient (Wildman–Crippen LogP) is 3.34. The van der Waals surface area contributed by atoms with Crippen molar-refractivity contribution >= 4 is 17.7 Å². The summed E-state index contributed by atoms with van der Waals surface area (Å²) in [5.74, 6) is -1.15. The Balaban J connectivity index is 2.50. The highest BCUT2D eigenvalue weighted by molar-refractivity contribution is 5.80. The van der Waals surface area contributed by atoms with Gasteiger partial charge in [-0.25, -0.2) is 4.39 Å². The third kappa shape index (κ3) is 2.30. The molecule has 108 valence electrons. The largest absolute Gasteiger partial charge is 0.469 e. The maximum atomic E-state index is 14.4. The lowest BCUT2D eigenvalue weighted by atomic mass is 9.91. The summed E-state index contributed by atoms with van der Waals surface area (Å²) < 4.78 is 19.1. The van der Waals surface area contributed by atoms with Crippen molar-refractivity contribution in [3.8, 4) is 0 Å². The number of carbonyl (C=O) groups excluding carboxylic acids is 1. The molecule has 0 amide bonds. The lowest BCUT2D eigenvalue weighted by Crippen LogP contribution is -2.41. The Morgan fingerprint density at radius 2 is 2.05 bits per heavy atom. The first-order valence-corrected chi connectivity index (χ1v) is 6.62. The third-order valence-corrected chi connectivity index (χ3v) is 4.04. The first kappa shape index (κ1) is 14.6. The van der Waals surface area contributed by atoms with Gasteiger partial charge in [0.05, 0.1) is 24.3 Å². The number of halogens is 1. The fourth-order valence-electron chi connectivity index (χ4n) is 2.38. The summed E-state index contributed by atoms with van der Waals surface area (Å²) in [4.78, 5) is 13.5. The molecule has 0 bridgehead atoms. The Bertz CT molecular complexity index is 578. The zero-order valence-electron chi connectivity index (χ0n) is 12.5. The quantitative estimate of drug-likeness (QED) is 0.776. The van der Waals surface area contributed by atoms with Crippen molar-refractivity contribution in [1.29, 1.82) is 0 Å². The zero-order valence-corrected chi connectivity index (χ0v) is 12.5. The summed E-state index contributed by atoms with van der Waals surface area (Å²) in [6.45, 7) is 5.76. The fourth-order valence-corrected chi connectivity index (χ4v) is 2.38. The van der Waals surface area contributed by atoms with E-state index in [1.165, 1.54) is 13.2 Å². The van der Waals surface area contributed by atoms with Crippen LogP contribution in [0.15, 0.2) is 18.2 Å². The molecule has 1 heterocycles. The second-order valence-corrected chi connectivity index (χ2v) is 5.73. The summed E-state index contributed by atoms with van der Waals surface area (Å²) >= 11 is 0. The Labute approximate surface area is 119 Å². The van der Waals surface area contributed by atoms with Crippen LogP contribution in [-0.4, -0.2) is 25.7 Å². The molecule has 1 aromatic carbocycles. The van der Waals surface area contributed by atoms with E-state index in [0.717, 1.165) is 5.56 Å². The fraction of sp³-hybridized carbons (Fsp3) is 0.438. The Morgan fingerprint density at radius 1 is 1.40 bits per heavy atom. The van der Waals surface area contributed by atoms with Crippen molar-refractivity contribution < 1.29 is 13.9 Å². The number of nitrogens with zero attached hydrogens (tertiary/aromatic N) is 1. The Hall–Kier alpha value is -1.84. The van der Waals surface area contributed by atoms with Crippen LogP contribution in [-0.2, 0) is 9.53 Å². The minimum absolute atomic E-state index is 0.233. The molecule has 0 aromatic heterocycles. The van der Waals surface area contributed by atoms with Crippen LogP contribution in [0.1, 0.15) is 37.8 Å². The first-order chi connectivity index (χ1) is 9.27. The highest BCUT2D eigenvalue weighted by atomic mass is 19.1. The molecule has 3 nitrogen and oxygen atoms in total. The highest BCUT2D eigenvalue weighted by Crippen LogP contribution is 2.37. The number of esters is 1. The minimum atomic E-state index is -0.478. The van der Waals surface area contributed by atoms with E-state index in [-0.39, 0.29) is 17.3 Å². The lowest BCUT2D eigenvalue weighted by Gasteiger charge is -2.39. The van der Waals surface area contributed by atoms with Crippen LogP contribution in [0.3, 0.4) is 0 Å². The summed E-state index contributed by atoms with van der Waals surface area (Å²) in [6.07, 6.45) is 3.94. The van der Waals surface area contributed by atoms with Crippen LogP contribution in [0.25, 0.3) is 6.08 Å². The van der Waals surface area contributed by atoms with Crippen LogP contribution >= 0.6 is 0 Å². The molecule has 20 heavy (non-hydrogen) atoms. The third-order valence-electron chi connectivity index (χ3n) is 4.04. The molecule has 0 aliphatic carbocycles. The number of fused-ring (bicyclic) bond motifs is 1. The van der Waals surface area contributed by atoms with Gasteiger partial charge in [0.2, 0.25) is 0 Å². The molecule has 0 saturated heterocycles. The second-order valence-electron chi connectivity index (χ2n) is 5.73. The molecule has 2 rings (SSSR count). The van der Waals surface area contributed by atoms with Gasteiger partial charge in [-0.3, -0.25) is 4.79 Å². The number of benzene rings is 1. The Morgan fingerprint density at radius 3 is 2.65 bits per heavy atom. The van der Waals surface area contributed by atoms with E-state index in [1.807, 2.05) is 44.0 Å². The maximum Gasteiger partial charge on any atom is 0.312 e. The van der Waals surface area contributed by atoms with Crippen LogP contribution in [0.4, 0.5) is 10.1 Å². The molecule has 0 saturated carbocycles. The molecule has 1 unspecified atom stereocenters. The van der Waals surface area contributed by atoms with Crippen molar-refractivity contribution in [3.05, 3.63) is 35.2 Å². The van der Waals surface area contributed by atoms with Crippen LogP contribution in [0.2, 0.25) is 0 Å². The van der Waals surface area contributed by atoms with E-state index in [4.69, 9.17) is 4.74 Å². The van der Waals surface area contributed by atoms with Crippen molar-refractivity contribution in [1.82, 2.24) is 0 Å². The molecule has 1 atom stereocenters. The first-order valence-electron chi connectivity index (χ1n) is 6.62. The number of likely N-dealkylation sites (N-methyl/N-ethyl adjacent to an activating group) is 1. The standard InChI is InChI=1S/C16H20FNO2/c1-10(15(19)20-5)12-8-11-6-7-16(2,3)18(4)14(11)13(17)9-12/h6-10H,1-5H3. The number of hydrogen-bond donors (Lipinski definition) is 0. The van der Waals surface area contributed by atoms with Gasteiger partial charge >= 0.3 is 5.97 Å². The van der Waals surface area contributed by atoms with Gasteiger partial charge in [-0.05, 0) is 38.5 Å². The summed E-state index contributed by atoms with van der Waals surface area (Å²) in [5.41, 5.74) is 1.75. The lowest BCUT2D eigenvalue weighted by molar-refractivity contribution is -0.141. The number of hydrogen-bond acceptors (Lipinski definition) is 3. The summed E-state index contributed by atoms with van der Waals surface area (Å²) in [7, 11) is 3.21. The Kier molecular flexibility index (Phi) is 3.59. The van der Waals surface area contributed by atoms with Gasteiger partial charge in [-0.15, -0.1) is 0 Å². The van der Waals surface area contributed by atoms with Crippen molar-refractivity contribution in [2.75, 3.05) is 19.1 Å². The number of carbonyl (C=O) groups is 1. The summed E-state index contributed by atoms with van der Waals surface area (Å²) in [6, 6.07) is 3.27. The van der Waals surface area contributed by atoms with Crippen molar-refractivity contribution in [2.45, 2.75) is 32.2 Å². The minimum Gasteiger partial charge on any atom is -0.469 e. The molecule has 4 heteroatoms. The average Bonchev–Trinajstić information content (AvgIpc) is 2.41. The van der Waals surface area contributed by atoms with E-state index >= 15 is 0 Å². The average molecular weight is 277 g/mol. The normalized spacial score (nSPS) is 17.6. The molecule has 0 spiro atoms. The van der Waals surface area contributed by atoms with Crippen LogP contribution in [0, 0.1) is 5.82 Å². The van der Waals surface area contributed by atoms with Gasteiger partial charge in [0.15, 0.2) is 0 Å². The van der Waals surface area contributed by atoms with E-state index < -0.39 is 5.92 Å². The molecule has 0 radical (unpaired) electrons. The number of rotatable bonds is 2. The van der Waals surface area contributed by atoms with Gasteiger partial charge in [-0.1, -0.05) is 12.2 Å². The van der Waals surface area contributed by atoms with Crippen LogP contribution < -0.4 is 4.90 Å². The molecular formula is C16H20FNO2. The van der Waals surface area contributed by atoms with Gasteiger partial charge in [0.25, 0.3) is 0 Å². The molecule has 1 aromatic rings. The molecule has 0 fully saturated rings. The van der Waals surface area contributed by atoms with Crippen LogP contribution in [0.5, 0.6) is 0 Å². The molecular weight excluding hydrogens is 257 g/mol. The molecule has 1 aliphatic rings. The smallest absolute Gasteiger partial charge is 0.312 e. The van der Waals surface area contributed by atoms with E-state index in [1.54, 1.807) is 6.92 Å². The number of anilines is 1. The maximum absolute atomic E-state index is 14.4. The second kappa shape index (κ2) is 4.93. The van der Waals surface area contributed by atoms with E-state index in [0.29, 0.717) is 11.3 Å². The van der Waals surface area contributed by atoms with Gasteiger partial charge in [-0.2, -0.15) is 0 Å². The number of methoxy groups -OCH3 is 1. The molecule has 1 aliphatic heterocycles. The van der Waals surface area contributed by atoms with E-state index in [9.17, 15) is 9.18 Å². The highest BCUT2D eigenvalue weighted by Gasteiger charge is 2.29. The van der Waals surface area contributed by atoms with Gasteiger partial charge in [0, 0.05) is 12.6 Å². The predicted molar refractivity (Wildman–Crippen MR) is 78.3 cm³/mol. The molecule has 0 N–H and O–H groups in total. The number of ether oxygens (including phenoxy) is 1. The van der Waals surface area contributed by atoms with E-state index in [2.05, 4.69) is 0 Å². The summed E-state index contributed by atoms with van der Waals surface area (Å²) in [5, 5.41) is 0. The van der Waals surface area contributed by atoms with Crippen molar-refractivity contribution in [3.63, 3.8) is 0 Å². The monoisotopic (exact) mass is 277 g/mol. The topological polar surface area (TPSA) is 29.5 Å². The zero-order chi connectivity index (χ0) is 15.1. The van der Waals surface area contributed by atoms with Gasteiger partial charge in [0.1, 0.15) is 5.82 Å².